The summed E-state index contributed by atoms with van der Waals surface area (Å²) in [6.45, 7) is 10.8. The van der Waals surface area contributed by atoms with Gasteiger partial charge in [-0.1, -0.05) is 52.8 Å². The number of anilines is 2. The monoisotopic (exact) mass is 467 g/mol. The summed E-state index contributed by atoms with van der Waals surface area (Å²) in [7, 11) is 0. The Hall–Kier alpha value is -2.76. The first-order valence-electron chi connectivity index (χ1n) is 10.8. The first kappa shape index (κ1) is 25.5. The number of unbranched alkanes of at least 4 members (excludes halogenated alkanes) is 1. The summed E-state index contributed by atoms with van der Waals surface area (Å²) in [6, 6.07) is 0. The predicted molar refractivity (Wildman–Crippen MR) is 126 cm³/mol. The molecule has 0 aliphatic carbocycles. The van der Waals surface area contributed by atoms with Crippen LogP contribution in [0.1, 0.15) is 47.5 Å². The second-order valence-corrected chi connectivity index (χ2v) is 9.44. The Bertz CT molecular complexity index is 1100. The van der Waals surface area contributed by atoms with Crippen molar-refractivity contribution in [1.29, 1.82) is 0 Å². The van der Waals surface area contributed by atoms with Crippen LogP contribution in [0, 0.1) is 11.8 Å². The maximum Gasteiger partial charge on any atom is 0.343 e. The molecule has 0 aliphatic rings. The van der Waals surface area contributed by atoms with Crippen LogP contribution in [0.4, 0.5) is 11.5 Å². The summed E-state index contributed by atoms with van der Waals surface area (Å²) < 4.78 is 2.78. The molecule has 1 amide bonds. The molecule has 2 aromatic heterocycles. The summed E-state index contributed by atoms with van der Waals surface area (Å²) in [4.78, 5) is 53.7. The Labute approximate surface area is 190 Å². The van der Waals surface area contributed by atoms with Gasteiger partial charge in [-0.05, 0) is 18.3 Å². The molecule has 0 radical (unpaired) electrons. The molecule has 2 rings (SSSR count). The topological polar surface area (TPSA) is 152 Å². The fourth-order valence-corrected chi connectivity index (χ4v) is 4.05. The van der Waals surface area contributed by atoms with E-state index in [-0.39, 0.29) is 47.2 Å². The van der Waals surface area contributed by atoms with Crippen molar-refractivity contribution < 1.29 is 4.79 Å². The zero-order chi connectivity index (χ0) is 24.0. The molecule has 12 heteroatoms. The van der Waals surface area contributed by atoms with Crippen molar-refractivity contribution in [2.24, 2.45) is 11.8 Å². The second kappa shape index (κ2) is 11.2. The van der Waals surface area contributed by atoms with Crippen LogP contribution in [0.2, 0.25) is 0 Å². The smallest absolute Gasteiger partial charge is 0.343 e. The molecule has 4 N–H and O–H groups in total. The quantitative estimate of drug-likeness (QED) is 0.420. The lowest BCUT2D eigenvalue weighted by molar-refractivity contribution is -0.116. The molecule has 2 heterocycles. The highest BCUT2D eigenvalue weighted by atomic mass is 32.2. The highest BCUT2D eigenvalue weighted by molar-refractivity contribution is 7.99. The van der Waals surface area contributed by atoms with E-state index < -0.39 is 11.2 Å². The molecule has 0 fully saturated rings. The lowest BCUT2D eigenvalue weighted by Crippen LogP contribution is -2.43. The molecule has 32 heavy (non-hydrogen) atoms. The van der Waals surface area contributed by atoms with Gasteiger partial charge in [0.2, 0.25) is 5.91 Å². The highest BCUT2D eigenvalue weighted by Gasteiger charge is 2.26. The number of carbonyl (C=O) groups is 1. The van der Waals surface area contributed by atoms with Crippen LogP contribution >= 0.6 is 11.8 Å². The van der Waals surface area contributed by atoms with Crippen molar-refractivity contribution in [1.82, 2.24) is 24.3 Å². The van der Waals surface area contributed by atoms with Gasteiger partial charge < -0.3 is 10.6 Å². The van der Waals surface area contributed by atoms with Gasteiger partial charge in [0.05, 0.1) is 5.75 Å². The average molecular weight is 468 g/mol. The van der Waals surface area contributed by atoms with Gasteiger partial charge in [-0.25, -0.2) is 14.7 Å². The van der Waals surface area contributed by atoms with Crippen LogP contribution in [-0.2, 0) is 17.9 Å². The number of nitrogen functional groups attached to an aromatic ring is 1. The Kier molecular flexibility index (Phi) is 8.93. The molecule has 0 bridgehead atoms. The van der Waals surface area contributed by atoms with Crippen molar-refractivity contribution in [3.05, 3.63) is 31.3 Å². The Morgan fingerprint density at radius 3 is 2.41 bits per heavy atom. The average Bonchev–Trinajstić information content (AvgIpc) is 3.05. The van der Waals surface area contributed by atoms with E-state index in [0.29, 0.717) is 18.2 Å². The van der Waals surface area contributed by atoms with E-state index in [2.05, 4.69) is 15.2 Å². The minimum Gasteiger partial charge on any atom is -0.383 e. The Morgan fingerprint density at radius 1 is 1.12 bits per heavy atom. The summed E-state index contributed by atoms with van der Waals surface area (Å²) in [5.41, 5.74) is 4.55. The fourth-order valence-electron chi connectivity index (χ4n) is 3.20. The van der Waals surface area contributed by atoms with Gasteiger partial charge in [0.1, 0.15) is 5.82 Å². The number of hydrogen-bond donors (Lipinski definition) is 3. The number of thioether (sulfide) groups is 1. The van der Waals surface area contributed by atoms with E-state index in [1.54, 1.807) is 0 Å². The van der Waals surface area contributed by atoms with Gasteiger partial charge in [0.15, 0.2) is 10.8 Å². The van der Waals surface area contributed by atoms with E-state index in [4.69, 9.17) is 5.73 Å². The maximum absolute atomic E-state index is 13.2. The van der Waals surface area contributed by atoms with Gasteiger partial charge in [0.25, 0.3) is 5.56 Å². The van der Waals surface area contributed by atoms with Crippen LogP contribution in [0.5, 0.6) is 0 Å². The van der Waals surface area contributed by atoms with Crippen molar-refractivity contribution in [2.45, 2.75) is 65.7 Å². The molecule has 0 unspecified atom stereocenters. The van der Waals surface area contributed by atoms with E-state index in [1.165, 1.54) is 14.0 Å². The summed E-state index contributed by atoms with van der Waals surface area (Å²) in [6.07, 6.45) is 1.72. The number of hydrogen-bond acceptors (Lipinski definition) is 7. The molecule has 2 aromatic rings. The number of nitrogens with zero attached hydrogens (tertiary/aromatic N) is 4. The minimum absolute atomic E-state index is 0.0325. The van der Waals surface area contributed by atoms with Crippen LogP contribution in [0.15, 0.2) is 19.5 Å². The number of carbonyl (C=O) groups excluding carboxylic acids is 1. The van der Waals surface area contributed by atoms with Crippen LogP contribution < -0.4 is 27.6 Å². The molecule has 0 spiro atoms. The van der Waals surface area contributed by atoms with E-state index in [1.807, 2.05) is 34.6 Å². The molecule has 178 valence electrons. The third-order valence-electron chi connectivity index (χ3n) is 4.66. The normalized spacial score (nSPS) is 11.5. The summed E-state index contributed by atoms with van der Waals surface area (Å²) in [5, 5.41) is 6.83. The van der Waals surface area contributed by atoms with E-state index in [9.17, 15) is 19.2 Å². The Balaban J connectivity index is 2.37. The molecule has 11 nitrogen and oxygen atoms in total. The van der Waals surface area contributed by atoms with Crippen molar-refractivity contribution in [3.63, 3.8) is 0 Å². The number of nitrogens with two attached hydrogens (primary N) is 1. The van der Waals surface area contributed by atoms with Gasteiger partial charge >= 0.3 is 11.4 Å². The molecule has 0 atom stereocenters. The van der Waals surface area contributed by atoms with Crippen LogP contribution in [0.25, 0.3) is 0 Å². The van der Waals surface area contributed by atoms with Gasteiger partial charge in [-0.2, -0.15) is 0 Å². The van der Waals surface area contributed by atoms with Gasteiger partial charge in [-0.3, -0.25) is 23.7 Å². The first-order valence-corrected chi connectivity index (χ1v) is 11.8. The third kappa shape index (κ3) is 6.15. The molecule has 0 aromatic carbocycles. The SMILES string of the molecule is CCCCn1c(SCC(=O)N(CC(C)C)c2c(N)n(CC(C)C)c(=O)[nH]c2=O)n[nH]c1=O. The molecule has 0 saturated carbocycles. The standard InChI is InChI=1S/C20H33N7O4S/c1-6-7-8-25-19(31)23-24-20(25)32-11-14(28)26(9-12(2)3)15-16(21)27(10-13(4)5)18(30)22-17(15)29/h12-13H,6-11,21H2,1-5H3,(H,23,31)(H,22,29,30). The van der Waals surface area contributed by atoms with Crippen LogP contribution in [-0.4, -0.2) is 42.5 Å². The summed E-state index contributed by atoms with van der Waals surface area (Å²) >= 11 is 1.11. The fraction of sp³-hybridized carbons (Fsp3) is 0.650. The summed E-state index contributed by atoms with van der Waals surface area (Å²) in [5.74, 6) is -0.302. The number of H-pyrrole nitrogens is 2. The van der Waals surface area contributed by atoms with E-state index in [0.717, 1.165) is 24.6 Å². The zero-order valence-corrected chi connectivity index (χ0v) is 20.1. The van der Waals surface area contributed by atoms with Crippen LogP contribution in [0.3, 0.4) is 0 Å². The number of aromatic amines is 2. The highest BCUT2D eigenvalue weighted by Crippen LogP contribution is 2.22. The lowest BCUT2D eigenvalue weighted by atomic mass is 10.2. The first-order chi connectivity index (χ1) is 15.1. The molecule has 0 aliphatic heterocycles. The second-order valence-electron chi connectivity index (χ2n) is 8.50. The van der Waals surface area contributed by atoms with Gasteiger partial charge in [-0.15, -0.1) is 5.10 Å². The molecule has 0 saturated heterocycles. The van der Waals surface area contributed by atoms with Gasteiger partial charge in [0, 0.05) is 19.6 Å². The zero-order valence-electron chi connectivity index (χ0n) is 19.3. The maximum atomic E-state index is 13.2. The van der Waals surface area contributed by atoms with Crippen molar-refractivity contribution in [2.75, 3.05) is 22.9 Å². The number of amides is 1. The third-order valence-corrected chi connectivity index (χ3v) is 5.62. The number of aromatic nitrogens is 5. The number of rotatable bonds is 11. The van der Waals surface area contributed by atoms with Crippen molar-refractivity contribution >= 4 is 29.2 Å². The largest absolute Gasteiger partial charge is 0.383 e. The van der Waals surface area contributed by atoms with Crippen molar-refractivity contribution in [3.8, 4) is 0 Å². The molecular weight excluding hydrogens is 434 g/mol. The Morgan fingerprint density at radius 2 is 1.81 bits per heavy atom. The minimum atomic E-state index is -0.703. The predicted octanol–water partition coefficient (Wildman–Crippen LogP) is 1.24. The molecular formula is C20H33N7O4S. The van der Waals surface area contributed by atoms with E-state index >= 15 is 0 Å². The lowest BCUT2D eigenvalue weighted by Gasteiger charge is -2.26. The number of nitrogens with one attached hydrogen (secondary N) is 2.